The maximum absolute atomic E-state index is 10.8. The van der Waals surface area contributed by atoms with Crippen LogP contribution >= 0.6 is 0 Å². The van der Waals surface area contributed by atoms with Gasteiger partial charge in [-0.05, 0) is 31.4 Å². The Morgan fingerprint density at radius 2 is 1.92 bits per heavy atom. The van der Waals surface area contributed by atoms with Crippen molar-refractivity contribution in [3.05, 3.63) is 24.3 Å². The molecule has 0 amide bonds. The maximum atomic E-state index is 10.8. The summed E-state index contributed by atoms with van der Waals surface area (Å²) in [4.78, 5) is 9.02. The van der Waals surface area contributed by atoms with Crippen molar-refractivity contribution in [3.8, 4) is 0 Å². The molecule has 0 unspecified atom stereocenters. The molecular weight excluding hydrogens is 328 g/mol. The molecule has 0 aliphatic heterocycles. The number of aromatic nitrogens is 2. The molecule has 7 nitrogen and oxygen atoms in total. The van der Waals surface area contributed by atoms with Crippen LogP contribution in [0, 0.1) is 0 Å². The fourth-order valence-electron chi connectivity index (χ4n) is 2.98. The molecule has 1 aromatic heterocycles. The van der Waals surface area contributed by atoms with E-state index in [4.69, 9.17) is 4.55 Å². The van der Waals surface area contributed by atoms with E-state index in [9.17, 15) is 8.42 Å². The molecule has 3 N–H and O–H groups in total. The van der Waals surface area contributed by atoms with Crippen LogP contribution in [0.15, 0.2) is 24.3 Å². The molecule has 1 aliphatic rings. The lowest BCUT2D eigenvalue weighted by atomic mass is 10.2. The third-order valence-corrected chi connectivity index (χ3v) is 4.97. The number of rotatable bonds is 7. The lowest BCUT2D eigenvalue weighted by Gasteiger charge is -2.16. The first-order chi connectivity index (χ1) is 11.5. The van der Waals surface area contributed by atoms with Gasteiger partial charge in [0, 0.05) is 18.0 Å². The molecule has 8 heteroatoms. The second kappa shape index (κ2) is 7.31. The molecule has 0 bridgehead atoms. The highest BCUT2D eigenvalue weighted by molar-refractivity contribution is 7.85. The first-order valence-corrected chi connectivity index (χ1v) is 9.84. The molecule has 0 saturated heterocycles. The van der Waals surface area contributed by atoms with Crippen molar-refractivity contribution < 1.29 is 13.0 Å². The Bertz CT molecular complexity index is 804. The van der Waals surface area contributed by atoms with Crippen LogP contribution in [0.25, 0.3) is 10.9 Å². The van der Waals surface area contributed by atoms with Gasteiger partial charge in [0.2, 0.25) is 5.95 Å². The number of anilines is 2. The Hall–Kier alpha value is -1.93. The van der Waals surface area contributed by atoms with Crippen LogP contribution in [0.1, 0.15) is 32.1 Å². The predicted octanol–water partition coefficient (Wildman–Crippen LogP) is 2.67. The molecule has 24 heavy (non-hydrogen) atoms. The molecule has 1 aliphatic carbocycles. The van der Waals surface area contributed by atoms with E-state index >= 15 is 0 Å². The molecular formula is C16H22N4O3S. The number of hydrogen-bond acceptors (Lipinski definition) is 6. The summed E-state index contributed by atoms with van der Waals surface area (Å²) in [5.74, 6) is 0.995. The monoisotopic (exact) mass is 350 g/mol. The van der Waals surface area contributed by atoms with Gasteiger partial charge in [0.05, 0.1) is 11.3 Å². The van der Waals surface area contributed by atoms with E-state index in [2.05, 4.69) is 20.6 Å². The van der Waals surface area contributed by atoms with Gasteiger partial charge in [-0.1, -0.05) is 25.0 Å². The molecule has 0 radical (unpaired) electrons. The summed E-state index contributed by atoms with van der Waals surface area (Å²) in [6, 6.07) is 8.26. The van der Waals surface area contributed by atoms with Crippen LogP contribution in [0.2, 0.25) is 0 Å². The van der Waals surface area contributed by atoms with Gasteiger partial charge in [-0.15, -0.1) is 0 Å². The van der Waals surface area contributed by atoms with Crippen molar-refractivity contribution in [2.24, 2.45) is 0 Å². The third kappa shape index (κ3) is 4.55. The Balaban J connectivity index is 1.75. The number of benzene rings is 1. The second-order valence-corrected chi connectivity index (χ2v) is 7.68. The fraction of sp³-hybridized carbons (Fsp3) is 0.500. The average Bonchev–Trinajstić information content (AvgIpc) is 3.04. The van der Waals surface area contributed by atoms with E-state index in [1.807, 2.05) is 24.3 Å². The van der Waals surface area contributed by atoms with Crippen molar-refractivity contribution in [1.29, 1.82) is 0 Å². The zero-order valence-electron chi connectivity index (χ0n) is 13.4. The van der Waals surface area contributed by atoms with Crippen molar-refractivity contribution in [3.63, 3.8) is 0 Å². The summed E-state index contributed by atoms with van der Waals surface area (Å²) < 4.78 is 30.3. The van der Waals surface area contributed by atoms with Gasteiger partial charge < -0.3 is 10.6 Å². The summed E-state index contributed by atoms with van der Waals surface area (Å²) in [7, 11) is -3.93. The van der Waals surface area contributed by atoms with Crippen molar-refractivity contribution >= 4 is 32.8 Å². The molecule has 1 aromatic carbocycles. The minimum absolute atomic E-state index is 0.277. The standard InChI is InChI=1S/C16H22N4O3S/c21-24(22,23)11-5-10-17-16-19-14-9-4-3-8-13(14)15(20-16)18-12-6-1-2-7-12/h3-4,8-9,12H,1-2,5-7,10-11H2,(H,21,22,23)(H2,17,18,19,20). The number of para-hydroxylation sites is 1. The van der Waals surface area contributed by atoms with Crippen LogP contribution in [0.4, 0.5) is 11.8 Å². The molecule has 0 atom stereocenters. The minimum atomic E-state index is -3.93. The molecule has 1 heterocycles. The third-order valence-electron chi connectivity index (χ3n) is 4.16. The SMILES string of the molecule is O=S(=O)(O)CCCNc1nc(NC2CCCC2)c2ccccc2n1. The summed E-state index contributed by atoms with van der Waals surface area (Å²) in [5.41, 5.74) is 0.838. The van der Waals surface area contributed by atoms with E-state index in [0.29, 0.717) is 25.0 Å². The zero-order chi connectivity index (χ0) is 17.0. The molecule has 2 aromatic rings. The average molecular weight is 350 g/mol. The highest BCUT2D eigenvalue weighted by Gasteiger charge is 2.17. The van der Waals surface area contributed by atoms with Gasteiger partial charge in [-0.3, -0.25) is 4.55 Å². The normalized spacial score (nSPS) is 15.7. The minimum Gasteiger partial charge on any atom is -0.367 e. The van der Waals surface area contributed by atoms with E-state index in [-0.39, 0.29) is 5.75 Å². The van der Waals surface area contributed by atoms with Crippen LogP contribution in [-0.2, 0) is 10.1 Å². The maximum Gasteiger partial charge on any atom is 0.264 e. The van der Waals surface area contributed by atoms with Crippen LogP contribution in [-0.4, -0.2) is 41.3 Å². The summed E-state index contributed by atoms with van der Waals surface area (Å²) in [5, 5.41) is 7.53. The zero-order valence-corrected chi connectivity index (χ0v) is 14.2. The highest BCUT2D eigenvalue weighted by Crippen LogP contribution is 2.26. The number of fused-ring (bicyclic) bond motifs is 1. The van der Waals surface area contributed by atoms with Gasteiger partial charge in [0.25, 0.3) is 10.1 Å². The quantitative estimate of drug-likeness (QED) is 0.521. The lowest BCUT2D eigenvalue weighted by Crippen LogP contribution is -2.17. The largest absolute Gasteiger partial charge is 0.367 e. The van der Waals surface area contributed by atoms with E-state index < -0.39 is 10.1 Å². The predicted molar refractivity (Wildman–Crippen MR) is 94.9 cm³/mol. The van der Waals surface area contributed by atoms with E-state index in [1.165, 1.54) is 12.8 Å². The topological polar surface area (TPSA) is 104 Å². The van der Waals surface area contributed by atoms with Gasteiger partial charge in [-0.2, -0.15) is 13.4 Å². The Morgan fingerprint density at radius 1 is 1.17 bits per heavy atom. The van der Waals surface area contributed by atoms with Gasteiger partial charge >= 0.3 is 0 Å². The van der Waals surface area contributed by atoms with E-state index in [1.54, 1.807) is 0 Å². The molecule has 1 saturated carbocycles. The van der Waals surface area contributed by atoms with Crippen LogP contribution in [0.5, 0.6) is 0 Å². The smallest absolute Gasteiger partial charge is 0.264 e. The van der Waals surface area contributed by atoms with Crippen LogP contribution in [0.3, 0.4) is 0 Å². The molecule has 1 fully saturated rings. The Morgan fingerprint density at radius 3 is 2.67 bits per heavy atom. The van der Waals surface area contributed by atoms with Crippen molar-refractivity contribution in [2.45, 2.75) is 38.1 Å². The number of nitrogens with zero attached hydrogens (tertiary/aromatic N) is 2. The number of nitrogens with one attached hydrogen (secondary N) is 2. The van der Waals surface area contributed by atoms with Gasteiger partial charge in [0.15, 0.2) is 0 Å². The van der Waals surface area contributed by atoms with Gasteiger partial charge in [0.1, 0.15) is 5.82 Å². The Labute approximate surface area is 141 Å². The van der Waals surface area contributed by atoms with E-state index in [0.717, 1.165) is 29.6 Å². The fourth-order valence-corrected chi connectivity index (χ4v) is 3.49. The summed E-state index contributed by atoms with van der Waals surface area (Å²) in [6.45, 7) is 0.376. The highest BCUT2D eigenvalue weighted by atomic mass is 32.2. The summed E-state index contributed by atoms with van der Waals surface area (Å²) in [6.07, 6.45) is 5.06. The second-order valence-electron chi connectivity index (χ2n) is 6.11. The first kappa shape index (κ1) is 16.9. The molecule has 130 valence electrons. The molecule has 0 spiro atoms. The van der Waals surface area contributed by atoms with Crippen molar-refractivity contribution in [2.75, 3.05) is 22.9 Å². The number of hydrogen-bond donors (Lipinski definition) is 3. The Kier molecular flexibility index (Phi) is 5.15. The van der Waals surface area contributed by atoms with Gasteiger partial charge in [-0.25, -0.2) is 4.98 Å². The summed E-state index contributed by atoms with van der Waals surface area (Å²) >= 11 is 0. The lowest BCUT2D eigenvalue weighted by molar-refractivity contribution is 0.481. The van der Waals surface area contributed by atoms with Crippen molar-refractivity contribution in [1.82, 2.24) is 9.97 Å². The first-order valence-electron chi connectivity index (χ1n) is 8.24. The van der Waals surface area contributed by atoms with Crippen LogP contribution < -0.4 is 10.6 Å². The molecule has 3 rings (SSSR count).